The molecule has 1 aromatic rings. The zero-order valence-corrected chi connectivity index (χ0v) is 14.4. The van der Waals surface area contributed by atoms with Gasteiger partial charge in [-0.1, -0.05) is 24.3 Å². The van der Waals surface area contributed by atoms with Gasteiger partial charge in [0.25, 0.3) is 0 Å². The van der Waals surface area contributed by atoms with Crippen molar-refractivity contribution in [3.63, 3.8) is 0 Å². The summed E-state index contributed by atoms with van der Waals surface area (Å²) in [5, 5.41) is 11.0. The molecule has 6 nitrogen and oxygen atoms in total. The van der Waals surface area contributed by atoms with Crippen molar-refractivity contribution in [3.8, 4) is 0 Å². The Labute approximate surface area is 143 Å². The van der Waals surface area contributed by atoms with Gasteiger partial charge >= 0.3 is 12.1 Å². The number of carbonyl (C=O) groups excluding carboxylic acids is 2. The van der Waals surface area contributed by atoms with E-state index in [2.05, 4.69) is 45.5 Å². The molecule has 0 fully saturated rings. The van der Waals surface area contributed by atoms with Crippen LogP contribution >= 0.6 is 0 Å². The third-order valence-electron chi connectivity index (χ3n) is 4.39. The third-order valence-corrected chi connectivity index (χ3v) is 4.39. The number of nitrogens with one attached hydrogen (secondary N) is 4. The number of benzene rings is 1. The molecule has 0 aromatic heterocycles. The molecular weight excluding hydrogens is 304 g/mol. The van der Waals surface area contributed by atoms with Crippen molar-refractivity contribution < 1.29 is 9.59 Å². The molecule has 1 aromatic carbocycles. The molecule has 0 spiro atoms. The molecule has 24 heavy (non-hydrogen) atoms. The first-order valence-corrected chi connectivity index (χ1v) is 8.73. The van der Waals surface area contributed by atoms with Gasteiger partial charge in [0.1, 0.15) is 0 Å². The van der Waals surface area contributed by atoms with E-state index in [1.54, 1.807) is 7.05 Å². The first-order chi connectivity index (χ1) is 11.7. The molecule has 132 valence electrons. The summed E-state index contributed by atoms with van der Waals surface area (Å²) in [6, 6.07) is 8.27. The Bertz CT molecular complexity index is 548. The van der Waals surface area contributed by atoms with Gasteiger partial charge in [0.2, 0.25) is 0 Å². The summed E-state index contributed by atoms with van der Waals surface area (Å²) in [5.74, 6) is 0.495. The molecule has 2 rings (SSSR count). The van der Waals surface area contributed by atoms with Crippen molar-refractivity contribution in [2.45, 2.75) is 32.1 Å². The van der Waals surface area contributed by atoms with Crippen LogP contribution in [0, 0.1) is 5.92 Å². The van der Waals surface area contributed by atoms with E-state index in [4.69, 9.17) is 0 Å². The SMILES string of the molecule is CNC(=O)NCCCNC(=O)NCC1CCCc2ccccc2C1. The van der Waals surface area contributed by atoms with E-state index in [0.717, 1.165) is 19.3 Å². The number of urea groups is 2. The lowest BCUT2D eigenvalue weighted by atomic mass is 9.97. The first-order valence-electron chi connectivity index (χ1n) is 8.73. The van der Waals surface area contributed by atoms with E-state index >= 15 is 0 Å². The summed E-state index contributed by atoms with van der Waals surface area (Å²) >= 11 is 0. The predicted molar refractivity (Wildman–Crippen MR) is 95.1 cm³/mol. The Morgan fingerprint density at radius 1 is 1.04 bits per heavy atom. The Morgan fingerprint density at radius 3 is 2.50 bits per heavy atom. The van der Waals surface area contributed by atoms with Crippen molar-refractivity contribution in [1.29, 1.82) is 0 Å². The quantitative estimate of drug-likeness (QED) is 0.473. The van der Waals surface area contributed by atoms with Crippen LogP contribution in [0.2, 0.25) is 0 Å². The number of amides is 4. The van der Waals surface area contributed by atoms with Crippen molar-refractivity contribution in [3.05, 3.63) is 35.4 Å². The maximum absolute atomic E-state index is 11.8. The summed E-state index contributed by atoms with van der Waals surface area (Å²) in [4.78, 5) is 22.8. The van der Waals surface area contributed by atoms with Crippen LogP contribution < -0.4 is 21.3 Å². The monoisotopic (exact) mass is 332 g/mol. The smallest absolute Gasteiger partial charge is 0.314 e. The summed E-state index contributed by atoms with van der Waals surface area (Å²) < 4.78 is 0. The zero-order chi connectivity index (χ0) is 17.2. The fourth-order valence-corrected chi connectivity index (χ4v) is 3.05. The summed E-state index contributed by atoms with van der Waals surface area (Å²) in [6.45, 7) is 1.79. The van der Waals surface area contributed by atoms with E-state index in [0.29, 0.717) is 32.0 Å². The summed E-state index contributed by atoms with van der Waals surface area (Å²) in [7, 11) is 1.58. The average molecular weight is 332 g/mol. The molecule has 0 bridgehead atoms. The van der Waals surface area contributed by atoms with Gasteiger partial charge in [-0.2, -0.15) is 0 Å². The molecule has 4 amide bonds. The van der Waals surface area contributed by atoms with E-state index in [9.17, 15) is 9.59 Å². The highest BCUT2D eigenvalue weighted by atomic mass is 16.2. The van der Waals surface area contributed by atoms with E-state index in [-0.39, 0.29) is 12.1 Å². The standard InChI is InChI=1S/C18H28N4O2/c1-19-17(23)20-10-5-11-21-18(24)22-13-14-6-4-9-15-7-2-3-8-16(15)12-14/h2-3,7-8,14H,4-6,9-13H2,1H3,(H2,19,20,23)(H2,21,22,24). The van der Waals surface area contributed by atoms with Crippen LogP contribution in [0.25, 0.3) is 0 Å². The lowest BCUT2D eigenvalue weighted by Crippen LogP contribution is -2.40. The van der Waals surface area contributed by atoms with Crippen LogP contribution in [0.15, 0.2) is 24.3 Å². The Kier molecular flexibility index (Phi) is 7.39. The summed E-state index contributed by atoms with van der Waals surface area (Å²) in [5.41, 5.74) is 2.87. The molecule has 0 saturated carbocycles. The zero-order valence-electron chi connectivity index (χ0n) is 14.4. The molecule has 1 atom stereocenters. The number of hydrogen-bond donors (Lipinski definition) is 4. The number of rotatable bonds is 6. The molecule has 0 radical (unpaired) electrons. The second kappa shape index (κ2) is 9.80. The maximum Gasteiger partial charge on any atom is 0.314 e. The molecule has 1 aliphatic rings. The number of carbonyl (C=O) groups is 2. The molecular formula is C18H28N4O2. The van der Waals surface area contributed by atoms with E-state index in [1.165, 1.54) is 17.5 Å². The maximum atomic E-state index is 11.8. The normalized spacial score (nSPS) is 16.5. The molecule has 1 aliphatic carbocycles. The van der Waals surface area contributed by atoms with Crippen LogP contribution in [0.1, 0.15) is 30.4 Å². The lowest BCUT2D eigenvalue weighted by Gasteiger charge is -2.16. The van der Waals surface area contributed by atoms with Crippen LogP contribution in [0.3, 0.4) is 0 Å². The van der Waals surface area contributed by atoms with Gasteiger partial charge in [-0.25, -0.2) is 9.59 Å². The second-order valence-electron chi connectivity index (χ2n) is 6.23. The van der Waals surface area contributed by atoms with Crippen molar-refractivity contribution in [2.75, 3.05) is 26.7 Å². The minimum Gasteiger partial charge on any atom is -0.341 e. The van der Waals surface area contributed by atoms with Gasteiger partial charge in [-0.3, -0.25) is 0 Å². The largest absolute Gasteiger partial charge is 0.341 e. The van der Waals surface area contributed by atoms with Gasteiger partial charge in [0, 0.05) is 26.7 Å². The molecule has 6 heteroatoms. The molecule has 0 aliphatic heterocycles. The van der Waals surface area contributed by atoms with Crippen molar-refractivity contribution in [2.24, 2.45) is 5.92 Å². The van der Waals surface area contributed by atoms with Crippen LogP contribution in [-0.4, -0.2) is 38.7 Å². The van der Waals surface area contributed by atoms with Crippen LogP contribution in [-0.2, 0) is 12.8 Å². The van der Waals surface area contributed by atoms with Crippen LogP contribution in [0.4, 0.5) is 9.59 Å². The van der Waals surface area contributed by atoms with E-state index in [1.807, 2.05) is 0 Å². The van der Waals surface area contributed by atoms with Gasteiger partial charge in [-0.15, -0.1) is 0 Å². The fourth-order valence-electron chi connectivity index (χ4n) is 3.05. The van der Waals surface area contributed by atoms with Crippen molar-refractivity contribution in [1.82, 2.24) is 21.3 Å². The molecule has 4 N–H and O–H groups in total. The average Bonchev–Trinajstić information content (AvgIpc) is 2.81. The van der Waals surface area contributed by atoms with E-state index < -0.39 is 0 Å². The fraction of sp³-hybridized carbons (Fsp3) is 0.556. The van der Waals surface area contributed by atoms with Crippen LogP contribution in [0.5, 0.6) is 0 Å². The summed E-state index contributed by atoms with van der Waals surface area (Å²) in [6.07, 6.45) is 5.20. The lowest BCUT2D eigenvalue weighted by molar-refractivity contribution is 0.238. The predicted octanol–water partition coefficient (Wildman–Crippen LogP) is 1.80. The number of fused-ring (bicyclic) bond motifs is 1. The Balaban J connectivity index is 1.62. The highest BCUT2D eigenvalue weighted by Gasteiger charge is 2.16. The molecule has 0 saturated heterocycles. The molecule has 0 heterocycles. The van der Waals surface area contributed by atoms with Gasteiger partial charge in [0.15, 0.2) is 0 Å². The second-order valence-corrected chi connectivity index (χ2v) is 6.23. The van der Waals surface area contributed by atoms with Gasteiger partial charge < -0.3 is 21.3 Å². The van der Waals surface area contributed by atoms with Gasteiger partial charge in [0.05, 0.1) is 0 Å². The number of hydrogen-bond acceptors (Lipinski definition) is 2. The van der Waals surface area contributed by atoms with Crippen molar-refractivity contribution >= 4 is 12.1 Å². The molecule has 1 unspecified atom stereocenters. The van der Waals surface area contributed by atoms with Gasteiger partial charge in [-0.05, 0) is 49.1 Å². The Hall–Kier alpha value is -2.24. The minimum absolute atomic E-state index is 0.132. The minimum atomic E-state index is -0.201. The highest BCUT2D eigenvalue weighted by molar-refractivity contribution is 5.74. The highest BCUT2D eigenvalue weighted by Crippen LogP contribution is 2.23. The third kappa shape index (κ3) is 6.10. The first kappa shape index (κ1) is 18.1. The Morgan fingerprint density at radius 2 is 1.75 bits per heavy atom. The number of aryl methyl sites for hydroxylation is 1. The topological polar surface area (TPSA) is 82.3 Å².